The Balaban J connectivity index is 1.83. The zero-order valence-corrected chi connectivity index (χ0v) is 17.6. The van der Waals surface area contributed by atoms with E-state index < -0.39 is 54.3 Å². The summed E-state index contributed by atoms with van der Waals surface area (Å²) in [4.78, 5) is 26.5. The molecule has 1 aliphatic carbocycles. The lowest BCUT2D eigenvalue weighted by Gasteiger charge is -2.44. The van der Waals surface area contributed by atoms with Crippen LogP contribution in [0.25, 0.3) is 0 Å². The number of hydrogen-bond donors (Lipinski definition) is 6. The molecule has 11 nitrogen and oxygen atoms in total. The van der Waals surface area contributed by atoms with E-state index in [-0.39, 0.29) is 33.8 Å². The Morgan fingerprint density at radius 3 is 2.30 bits per heavy atom. The highest BCUT2D eigenvalue weighted by Gasteiger charge is 2.54. The highest BCUT2D eigenvalue weighted by atomic mass is 16.8. The molecule has 2 aliphatic rings. The first-order valence-electron chi connectivity index (χ1n) is 9.89. The van der Waals surface area contributed by atoms with Gasteiger partial charge in [-0.25, -0.2) is 0 Å². The molecule has 0 saturated carbocycles. The lowest BCUT2D eigenvalue weighted by atomic mass is 9.82. The van der Waals surface area contributed by atoms with Crippen LogP contribution in [0.3, 0.4) is 0 Å². The maximum Gasteiger partial charge on any atom is 0.231 e. The Morgan fingerprint density at radius 2 is 1.67 bits per heavy atom. The second-order valence-electron chi connectivity index (χ2n) is 7.95. The number of methoxy groups -OCH3 is 1. The molecular formula is C22H22O11. The van der Waals surface area contributed by atoms with Crippen LogP contribution in [0.5, 0.6) is 17.2 Å². The fraction of sp³-hybridized carbons (Fsp3) is 0.364. The van der Waals surface area contributed by atoms with Crippen LogP contribution in [-0.4, -0.2) is 86.3 Å². The average molecular weight is 462 g/mol. The van der Waals surface area contributed by atoms with Gasteiger partial charge in [0.2, 0.25) is 17.9 Å². The molecule has 11 heteroatoms. The van der Waals surface area contributed by atoms with Crippen molar-refractivity contribution in [3.05, 3.63) is 52.1 Å². The van der Waals surface area contributed by atoms with Crippen molar-refractivity contribution in [3.63, 3.8) is 0 Å². The third-order valence-electron chi connectivity index (χ3n) is 5.72. The van der Waals surface area contributed by atoms with E-state index in [1.807, 2.05) is 0 Å². The van der Waals surface area contributed by atoms with E-state index in [1.54, 1.807) is 6.92 Å². The Bertz CT molecular complexity index is 1140. The van der Waals surface area contributed by atoms with Crippen molar-refractivity contribution in [2.24, 2.45) is 0 Å². The van der Waals surface area contributed by atoms with Gasteiger partial charge in [0.15, 0.2) is 5.78 Å². The highest BCUT2D eigenvalue weighted by molar-refractivity contribution is 6.30. The largest absolute Gasteiger partial charge is 0.507 e. The van der Waals surface area contributed by atoms with Gasteiger partial charge in [0.05, 0.1) is 24.8 Å². The zero-order chi connectivity index (χ0) is 24.2. The molecule has 0 bridgehead atoms. The second-order valence-corrected chi connectivity index (χ2v) is 7.95. The van der Waals surface area contributed by atoms with Crippen molar-refractivity contribution < 1.29 is 54.4 Å². The summed E-state index contributed by atoms with van der Waals surface area (Å²) in [7, 11) is 1.31. The summed E-state index contributed by atoms with van der Waals surface area (Å²) in [6, 6.07) is 5.31. The molecule has 2 aromatic carbocycles. The number of ketones is 2. The summed E-state index contributed by atoms with van der Waals surface area (Å²) >= 11 is 0. The van der Waals surface area contributed by atoms with E-state index in [4.69, 9.17) is 14.2 Å². The first-order chi connectivity index (χ1) is 15.5. The second kappa shape index (κ2) is 8.06. The molecule has 1 saturated heterocycles. The minimum Gasteiger partial charge on any atom is -0.507 e. The van der Waals surface area contributed by atoms with E-state index in [2.05, 4.69) is 0 Å². The monoisotopic (exact) mass is 462 g/mol. The van der Waals surface area contributed by atoms with E-state index >= 15 is 0 Å². The van der Waals surface area contributed by atoms with Crippen molar-refractivity contribution >= 4 is 11.6 Å². The van der Waals surface area contributed by atoms with Crippen molar-refractivity contribution in [2.45, 2.75) is 37.3 Å². The zero-order valence-electron chi connectivity index (χ0n) is 17.6. The fourth-order valence-electron chi connectivity index (χ4n) is 3.97. The van der Waals surface area contributed by atoms with Gasteiger partial charge in [-0.15, -0.1) is 0 Å². The smallest absolute Gasteiger partial charge is 0.231 e. The molecule has 176 valence electrons. The number of aromatic hydroxyl groups is 1. The third-order valence-corrected chi connectivity index (χ3v) is 5.72. The average Bonchev–Trinajstić information content (AvgIpc) is 2.78. The first-order valence-corrected chi connectivity index (χ1v) is 9.89. The lowest BCUT2D eigenvalue weighted by Crippen LogP contribution is -2.67. The van der Waals surface area contributed by atoms with E-state index in [1.165, 1.54) is 31.4 Å². The van der Waals surface area contributed by atoms with Crippen LogP contribution in [0.1, 0.15) is 37.4 Å². The number of aryl methyl sites for hydroxylation is 1. The van der Waals surface area contributed by atoms with Gasteiger partial charge in [0, 0.05) is 17.2 Å². The normalized spacial score (nSPS) is 28.8. The van der Waals surface area contributed by atoms with E-state index in [0.29, 0.717) is 5.56 Å². The molecule has 1 heterocycles. The number of phenolic OH excluding ortho intramolecular Hbond substituents is 1. The molecule has 5 atom stereocenters. The number of rotatable bonds is 4. The Kier molecular flexibility index (Phi) is 5.65. The maximum absolute atomic E-state index is 13.3. The molecule has 33 heavy (non-hydrogen) atoms. The summed E-state index contributed by atoms with van der Waals surface area (Å²) in [5.74, 6) is -4.63. The summed E-state index contributed by atoms with van der Waals surface area (Å²) in [6.07, 6.45) is -7.82. The van der Waals surface area contributed by atoms with Gasteiger partial charge in [-0.2, -0.15) is 0 Å². The number of aliphatic hydroxyl groups excluding tert-OH is 4. The van der Waals surface area contributed by atoms with Crippen LogP contribution in [0.2, 0.25) is 0 Å². The molecule has 0 aromatic heterocycles. The van der Waals surface area contributed by atoms with Crippen LogP contribution >= 0.6 is 0 Å². The van der Waals surface area contributed by atoms with Gasteiger partial charge >= 0.3 is 0 Å². The number of ether oxygens (including phenoxy) is 3. The molecule has 2 aromatic rings. The summed E-state index contributed by atoms with van der Waals surface area (Å²) in [5.41, 5.74) is -0.0526. The molecular weight excluding hydrogens is 440 g/mol. The molecule has 6 N–H and O–H groups in total. The van der Waals surface area contributed by atoms with Crippen LogP contribution in [-0.2, 0) is 4.74 Å². The summed E-state index contributed by atoms with van der Waals surface area (Å²) in [6.45, 7) is 0.503. The summed E-state index contributed by atoms with van der Waals surface area (Å²) in [5, 5.41) is 60.3. The van der Waals surface area contributed by atoms with Gasteiger partial charge in [0.25, 0.3) is 0 Å². The number of carbonyl (C=O) groups excluding carboxylic acids is 2. The standard InChI is InChI=1S/C22H22O11/c1-8-3-10-14(12(24)4-8)17(26)15-11(16(10)25)5-9(31-2)6-13(15)32-21-19(28)18(27)20(29)22(30,7-23)33-21/h3-6,18-21,23-24,27-30H,7H2,1-2H3. The van der Waals surface area contributed by atoms with Gasteiger partial charge in [-0.3, -0.25) is 9.59 Å². The number of hydrogen-bond acceptors (Lipinski definition) is 11. The topological polar surface area (TPSA) is 183 Å². The molecule has 1 aliphatic heterocycles. The minimum atomic E-state index is -2.68. The molecule has 4 rings (SSSR count). The molecule has 1 fully saturated rings. The first kappa shape index (κ1) is 23.1. The number of aliphatic hydroxyl groups is 5. The predicted octanol–water partition coefficient (Wildman–Crippen LogP) is -1.02. The number of phenols is 1. The van der Waals surface area contributed by atoms with Gasteiger partial charge in [0.1, 0.15) is 35.6 Å². The lowest BCUT2D eigenvalue weighted by molar-refractivity contribution is -0.384. The van der Waals surface area contributed by atoms with Crippen molar-refractivity contribution in [1.29, 1.82) is 0 Å². The predicted molar refractivity (Wildman–Crippen MR) is 108 cm³/mol. The summed E-state index contributed by atoms with van der Waals surface area (Å²) < 4.78 is 15.8. The van der Waals surface area contributed by atoms with Crippen LogP contribution in [0, 0.1) is 6.92 Å². The number of carbonyl (C=O) groups is 2. The quantitative estimate of drug-likeness (QED) is 0.279. The van der Waals surface area contributed by atoms with E-state index in [9.17, 15) is 40.2 Å². The van der Waals surface area contributed by atoms with Crippen molar-refractivity contribution in [2.75, 3.05) is 13.7 Å². The fourth-order valence-corrected chi connectivity index (χ4v) is 3.97. The van der Waals surface area contributed by atoms with E-state index in [0.717, 1.165) is 0 Å². The minimum absolute atomic E-state index is 0.00801. The number of benzene rings is 2. The van der Waals surface area contributed by atoms with Crippen molar-refractivity contribution in [1.82, 2.24) is 0 Å². The molecule has 0 spiro atoms. The molecule has 0 amide bonds. The Labute approximate surface area is 187 Å². The van der Waals surface area contributed by atoms with Gasteiger partial charge in [-0.1, -0.05) is 0 Å². The van der Waals surface area contributed by atoms with Gasteiger partial charge < -0.3 is 44.8 Å². The number of fused-ring (bicyclic) bond motifs is 2. The van der Waals surface area contributed by atoms with Crippen LogP contribution in [0.4, 0.5) is 0 Å². The third kappa shape index (κ3) is 3.55. The van der Waals surface area contributed by atoms with Crippen LogP contribution in [0.15, 0.2) is 24.3 Å². The Hall–Kier alpha value is -3.06. The van der Waals surface area contributed by atoms with Gasteiger partial charge in [-0.05, 0) is 30.7 Å². The van der Waals surface area contributed by atoms with Crippen LogP contribution < -0.4 is 9.47 Å². The molecule has 0 radical (unpaired) electrons. The molecule has 5 unspecified atom stereocenters. The Morgan fingerprint density at radius 1 is 1.00 bits per heavy atom. The maximum atomic E-state index is 13.3. The SMILES string of the molecule is COc1cc(OC2OC(O)(CO)C(O)C(O)C2O)c2c(c1)C(=O)c1cc(C)cc(O)c1C2=O. The van der Waals surface area contributed by atoms with Crippen molar-refractivity contribution in [3.8, 4) is 17.2 Å². The highest BCUT2D eigenvalue weighted by Crippen LogP contribution is 2.41.